The summed E-state index contributed by atoms with van der Waals surface area (Å²) in [6.07, 6.45) is 2.26. The first-order chi connectivity index (χ1) is 8.15. The summed E-state index contributed by atoms with van der Waals surface area (Å²) < 4.78 is 0. The number of carbonyl (C=O) groups excluding carboxylic acids is 1. The summed E-state index contributed by atoms with van der Waals surface area (Å²) in [6, 6.07) is 6.26. The molecule has 6 heteroatoms. The molecule has 1 amide bonds. The van der Waals surface area contributed by atoms with Crippen LogP contribution in [0.25, 0.3) is 0 Å². The van der Waals surface area contributed by atoms with Crippen molar-refractivity contribution in [1.82, 2.24) is 5.32 Å². The lowest BCUT2D eigenvalue weighted by molar-refractivity contribution is -0.384. The lowest BCUT2D eigenvalue weighted by atomic mass is 10.3. The molecule has 17 heavy (non-hydrogen) atoms. The molecular formula is C11H13N3O3. The second kappa shape index (κ2) is 4.92. The fourth-order valence-electron chi connectivity index (χ4n) is 1.40. The van der Waals surface area contributed by atoms with Crippen molar-refractivity contribution < 1.29 is 9.72 Å². The highest BCUT2D eigenvalue weighted by Gasteiger charge is 2.21. The minimum atomic E-state index is -0.472. The van der Waals surface area contributed by atoms with Crippen molar-refractivity contribution in [2.45, 2.75) is 18.9 Å². The summed E-state index contributed by atoms with van der Waals surface area (Å²) in [4.78, 5) is 21.4. The maximum absolute atomic E-state index is 11.5. The Morgan fingerprint density at radius 3 is 2.53 bits per heavy atom. The lowest BCUT2D eigenvalue weighted by Crippen LogP contribution is -2.29. The van der Waals surface area contributed by atoms with Crippen molar-refractivity contribution >= 4 is 17.3 Å². The largest absolute Gasteiger partial charge is 0.325 e. The average molecular weight is 235 g/mol. The zero-order valence-electron chi connectivity index (χ0n) is 9.18. The van der Waals surface area contributed by atoms with Crippen molar-refractivity contribution in [3.05, 3.63) is 34.4 Å². The number of non-ortho nitro benzene ring substituents is 1. The molecule has 0 saturated heterocycles. The molecule has 0 atom stereocenters. The number of benzene rings is 1. The topological polar surface area (TPSA) is 84.3 Å². The van der Waals surface area contributed by atoms with Crippen molar-refractivity contribution in [1.29, 1.82) is 0 Å². The van der Waals surface area contributed by atoms with Crippen molar-refractivity contribution in [3.8, 4) is 0 Å². The number of nitro groups is 1. The third-order valence-electron chi connectivity index (χ3n) is 2.49. The summed E-state index contributed by atoms with van der Waals surface area (Å²) in [7, 11) is 0. The van der Waals surface area contributed by atoms with Crippen molar-refractivity contribution in [2.24, 2.45) is 0 Å². The number of hydrogen-bond acceptors (Lipinski definition) is 4. The number of anilines is 1. The molecule has 0 spiro atoms. The Bertz CT molecular complexity index is 426. The van der Waals surface area contributed by atoms with E-state index < -0.39 is 4.92 Å². The van der Waals surface area contributed by atoms with Crippen LogP contribution in [0.5, 0.6) is 0 Å². The van der Waals surface area contributed by atoms with Crippen LogP contribution in [0.2, 0.25) is 0 Å². The number of nitrogens with zero attached hydrogens (tertiary/aromatic N) is 1. The molecule has 0 heterocycles. The van der Waals surface area contributed by atoms with Gasteiger partial charge in [0.15, 0.2) is 0 Å². The van der Waals surface area contributed by atoms with E-state index >= 15 is 0 Å². The Hall–Kier alpha value is -1.95. The predicted octanol–water partition coefficient (Wildman–Crippen LogP) is 1.29. The van der Waals surface area contributed by atoms with Crippen LogP contribution in [-0.2, 0) is 4.79 Å². The quantitative estimate of drug-likeness (QED) is 0.594. The molecule has 2 N–H and O–H groups in total. The van der Waals surface area contributed by atoms with Gasteiger partial charge in [-0.1, -0.05) is 0 Å². The van der Waals surface area contributed by atoms with Gasteiger partial charge in [-0.3, -0.25) is 14.9 Å². The van der Waals surface area contributed by atoms with Crippen LogP contribution in [-0.4, -0.2) is 23.4 Å². The molecule has 90 valence electrons. The molecule has 6 nitrogen and oxygen atoms in total. The number of carbonyl (C=O) groups is 1. The van der Waals surface area contributed by atoms with E-state index in [1.807, 2.05) is 0 Å². The van der Waals surface area contributed by atoms with E-state index in [0.29, 0.717) is 11.7 Å². The molecule has 0 radical (unpaired) electrons. The zero-order chi connectivity index (χ0) is 12.3. The minimum absolute atomic E-state index is 0.0131. The van der Waals surface area contributed by atoms with Gasteiger partial charge in [0, 0.05) is 23.9 Å². The maximum Gasteiger partial charge on any atom is 0.269 e. The van der Waals surface area contributed by atoms with E-state index in [0.717, 1.165) is 12.8 Å². The average Bonchev–Trinajstić information content (AvgIpc) is 3.11. The smallest absolute Gasteiger partial charge is 0.269 e. The fraction of sp³-hybridized carbons (Fsp3) is 0.364. The monoisotopic (exact) mass is 235 g/mol. The van der Waals surface area contributed by atoms with E-state index in [4.69, 9.17) is 0 Å². The summed E-state index contributed by atoms with van der Waals surface area (Å²) in [5, 5.41) is 16.2. The summed E-state index contributed by atoms with van der Waals surface area (Å²) in [5.41, 5.74) is 0.581. The number of amides is 1. The van der Waals surface area contributed by atoms with Gasteiger partial charge < -0.3 is 10.6 Å². The Labute approximate surface area is 98.2 Å². The fourth-order valence-corrected chi connectivity index (χ4v) is 1.40. The number of rotatable bonds is 5. The molecule has 0 aromatic heterocycles. The highest BCUT2D eigenvalue weighted by atomic mass is 16.6. The Morgan fingerprint density at radius 2 is 2.00 bits per heavy atom. The summed E-state index contributed by atoms with van der Waals surface area (Å²) in [5.74, 6) is -0.134. The van der Waals surface area contributed by atoms with Gasteiger partial charge >= 0.3 is 0 Å². The molecule has 1 fully saturated rings. The molecule has 0 aliphatic heterocycles. The third kappa shape index (κ3) is 3.53. The van der Waals surface area contributed by atoms with Crippen LogP contribution < -0.4 is 10.6 Å². The molecule has 0 unspecified atom stereocenters. The maximum atomic E-state index is 11.5. The van der Waals surface area contributed by atoms with Gasteiger partial charge in [-0.05, 0) is 25.0 Å². The molecule has 2 rings (SSSR count). The number of nitro benzene ring substituents is 1. The first-order valence-electron chi connectivity index (χ1n) is 5.43. The van der Waals surface area contributed by atoms with E-state index in [1.165, 1.54) is 24.3 Å². The molecule has 1 aliphatic carbocycles. The van der Waals surface area contributed by atoms with Gasteiger partial charge in [-0.2, -0.15) is 0 Å². The number of nitrogens with one attached hydrogen (secondary N) is 2. The van der Waals surface area contributed by atoms with Gasteiger partial charge in [0.05, 0.1) is 11.5 Å². The van der Waals surface area contributed by atoms with Gasteiger partial charge in [-0.15, -0.1) is 0 Å². The second-order valence-corrected chi connectivity index (χ2v) is 4.01. The summed E-state index contributed by atoms with van der Waals surface area (Å²) in [6.45, 7) is 0.279. The normalized spacial score (nSPS) is 14.4. The molecule has 1 aromatic rings. The molecular weight excluding hydrogens is 222 g/mol. The van der Waals surface area contributed by atoms with Gasteiger partial charge in [0.2, 0.25) is 5.91 Å². The SMILES string of the molecule is O=C(CNC1CC1)Nc1ccc([N+](=O)[O-])cc1. The standard InChI is InChI=1S/C11H13N3O3/c15-11(7-12-8-1-2-8)13-9-3-5-10(6-4-9)14(16)17/h3-6,8,12H,1-2,7H2,(H,13,15). The van der Waals surface area contributed by atoms with Crippen LogP contribution in [0, 0.1) is 10.1 Å². The van der Waals surface area contributed by atoms with E-state index in [1.54, 1.807) is 0 Å². The van der Waals surface area contributed by atoms with E-state index in [9.17, 15) is 14.9 Å². The zero-order valence-corrected chi connectivity index (χ0v) is 9.18. The molecule has 0 bridgehead atoms. The highest BCUT2D eigenvalue weighted by Crippen LogP contribution is 2.18. The lowest BCUT2D eigenvalue weighted by Gasteiger charge is -2.05. The summed E-state index contributed by atoms with van der Waals surface area (Å²) >= 11 is 0. The molecule has 1 aromatic carbocycles. The Balaban J connectivity index is 1.84. The first-order valence-corrected chi connectivity index (χ1v) is 5.43. The highest BCUT2D eigenvalue weighted by molar-refractivity contribution is 5.92. The van der Waals surface area contributed by atoms with Crippen molar-refractivity contribution in [3.63, 3.8) is 0 Å². The van der Waals surface area contributed by atoms with Gasteiger partial charge in [0.25, 0.3) is 5.69 Å². The van der Waals surface area contributed by atoms with Crippen LogP contribution in [0.15, 0.2) is 24.3 Å². The van der Waals surface area contributed by atoms with Gasteiger partial charge in [0.1, 0.15) is 0 Å². The number of hydrogen-bond donors (Lipinski definition) is 2. The van der Waals surface area contributed by atoms with Gasteiger partial charge in [-0.25, -0.2) is 0 Å². The van der Waals surface area contributed by atoms with Crippen LogP contribution >= 0.6 is 0 Å². The minimum Gasteiger partial charge on any atom is -0.325 e. The molecule has 1 aliphatic rings. The molecule has 1 saturated carbocycles. The van der Waals surface area contributed by atoms with Crippen LogP contribution in [0.4, 0.5) is 11.4 Å². The Morgan fingerprint density at radius 1 is 1.35 bits per heavy atom. The van der Waals surface area contributed by atoms with E-state index in [2.05, 4.69) is 10.6 Å². The predicted molar refractivity (Wildman–Crippen MR) is 62.8 cm³/mol. The Kier molecular flexibility index (Phi) is 3.34. The van der Waals surface area contributed by atoms with Crippen LogP contribution in [0.3, 0.4) is 0 Å². The third-order valence-corrected chi connectivity index (χ3v) is 2.49. The second-order valence-electron chi connectivity index (χ2n) is 4.01. The van der Waals surface area contributed by atoms with Crippen LogP contribution in [0.1, 0.15) is 12.8 Å². The first kappa shape index (κ1) is 11.5. The van der Waals surface area contributed by atoms with E-state index in [-0.39, 0.29) is 18.1 Å². The van der Waals surface area contributed by atoms with Crippen molar-refractivity contribution in [2.75, 3.05) is 11.9 Å².